The van der Waals surface area contributed by atoms with Crippen molar-refractivity contribution in [3.63, 3.8) is 0 Å². The highest BCUT2D eigenvalue weighted by Gasteiger charge is 2.20. The third-order valence-electron chi connectivity index (χ3n) is 2.23. The van der Waals surface area contributed by atoms with Crippen LogP contribution in [-0.2, 0) is 10.3 Å². The summed E-state index contributed by atoms with van der Waals surface area (Å²) in [4.78, 5) is 10.4. The topological polar surface area (TPSA) is 49.3 Å². The SMILES string of the molecule is CC.CC(C)(NCC(=O)O)c1cccc(F)c1. The molecule has 1 aromatic rings. The van der Waals surface area contributed by atoms with Crippen LogP contribution < -0.4 is 5.32 Å². The maximum absolute atomic E-state index is 13.0. The normalized spacial score (nSPS) is 10.4. The van der Waals surface area contributed by atoms with E-state index in [1.807, 2.05) is 27.7 Å². The molecule has 3 nitrogen and oxygen atoms in total. The number of halogens is 1. The van der Waals surface area contributed by atoms with Gasteiger partial charge in [0.1, 0.15) is 5.82 Å². The standard InChI is InChI=1S/C11H14FNO2.C2H6/c1-11(2,13-7-10(14)15)8-4-3-5-9(12)6-8;1-2/h3-6,13H,7H2,1-2H3,(H,14,15);1-2H3. The fourth-order valence-electron chi connectivity index (χ4n) is 1.28. The molecule has 0 fully saturated rings. The second-order valence-electron chi connectivity index (χ2n) is 3.88. The monoisotopic (exact) mass is 241 g/mol. The molecule has 96 valence electrons. The summed E-state index contributed by atoms with van der Waals surface area (Å²) >= 11 is 0. The molecule has 0 atom stereocenters. The lowest BCUT2D eigenvalue weighted by Crippen LogP contribution is -2.39. The van der Waals surface area contributed by atoms with Crippen molar-refractivity contribution in [1.29, 1.82) is 0 Å². The number of aliphatic carboxylic acids is 1. The average Bonchev–Trinajstić information content (AvgIpc) is 2.29. The minimum Gasteiger partial charge on any atom is -0.480 e. The van der Waals surface area contributed by atoms with Crippen LogP contribution in [0.3, 0.4) is 0 Å². The summed E-state index contributed by atoms with van der Waals surface area (Å²) in [5.74, 6) is -1.25. The highest BCUT2D eigenvalue weighted by molar-refractivity contribution is 5.69. The zero-order valence-electron chi connectivity index (χ0n) is 10.7. The Balaban J connectivity index is 0.00000121. The van der Waals surface area contributed by atoms with Crippen LogP contribution in [0.5, 0.6) is 0 Å². The summed E-state index contributed by atoms with van der Waals surface area (Å²) < 4.78 is 13.0. The molecule has 0 aliphatic heterocycles. The highest BCUT2D eigenvalue weighted by Crippen LogP contribution is 2.20. The van der Waals surface area contributed by atoms with Gasteiger partial charge in [-0.25, -0.2) is 4.39 Å². The maximum atomic E-state index is 13.0. The maximum Gasteiger partial charge on any atom is 0.317 e. The van der Waals surface area contributed by atoms with Gasteiger partial charge in [0.2, 0.25) is 0 Å². The van der Waals surface area contributed by atoms with Gasteiger partial charge in [0.15, 0.2) is 0 Å². The summed E-state index contributed by atoms with van der Waals surface area (Å²) in [6.45, 7) is 7.47. The van der Waals surface area contributed by atoms with Crippen molar-refractivity contribution in [2.75, 3.05) is 6.54 Å². The second kappa shape index (κ2) is 7.01. The quantitative estimate of drug-likeness (QED) is 0.852. The molecule has 0 radical (unpaired) electrons. The van der Waals surface area contributed by atoms with Crippen molar-refractivity contribution < 1.29 is 14.3 Å². The van der Waals surface area contributed by atoms with Gasteiger partial charge in [-0.15, -0.1) is 0 Å². The van der Waals surface area contributed by atoms with Gasteiger partial charge in [-0.1, -0.05) is 26.0 Å². The Hall–Kier alpha value is -1.42. The molecule has 2 N–H and O–H groups in total. The van der Waals surface area contributed by atoms with Crippen LogP contribution in [0.4, 0.5) is 4.39 Å². The van der Waals surface area contributed by atoms with E-state index in [9.17, 15) is 9.18 Å². The van der Waals surface area contributed by atoms with Crippen LogP contribution in [0.2, 0.25) is 0 Å². The molecular weight excluding hydrogens is 221 g/mol. The first-order chi connectivity index (χ1) is 7.92. The number of hydrogen-bond acceptors (Lipinski definition) is 2. The molecule has 0 aliphatic rings. The van der Waals surface area contributed by atoms with E-state index in [1.54, 1.807) is 12.1 Å². The second-order valence-corrected chi connectivity index (χ2v) is 3.88. The average molecular weight is 241 g/mol. The molecule has 0 heterocycles. The van der Waals surface area contributed by atoms with Crippen LogP contribution in [0.15, 0.2) is 24.3 Å². The molecular formula is C13H20FNO2. The number of hydrogen-bond donors (Lipinski definition) is 2. The summed E-state index contributed by atoms with van der Waals surface area (Å²) in [5.41, 5.74) is 0.171. The largest absolute Gasteiger partial charge is 0.480 e. The van der Waals surface area contributed by atoms with E-state index in [0.29, 0.717) is 0 Å². The predicted octanol–water partition coefficient (Wildman–Crippen LogP) is 2.76. The first kappa shape index (κ1) is 15.6. The van der Waals surface area contributed by atoms with E-state index in [4.69, 9.17) is 5.11 Å². The third-order valence-corrected chi connectivity index (χ3v) is 2.23. The van der Waals surface area contributed by atoms with E-state index >= 15 is 0 Å². The number of carboxylic acids is 1. The Labute approximate surface area is 102 Å². The summed E-state index contributed by atoms with van der Waals surface area (Å²) in [5, 5.41) is 11.4. The van der Waals surface area contributed by atoms with Gasteiger partial charge in [-0.2, -0.15) is 0 Å². The lowest BCUT2D eigenvalue weighted by atomic mass is 9.94. The summed E-state index contributed by atoms with van der Waals surface area (Å²) in [6, 6.07) is 6.12. The number of carboxylic acid groups (broad SMARTS) is 1. The lowest BCUT2D eigenvalue weighted by Gasteiger charge is -2.26. The smallest absolute Gasteiger partial charge is 0.317 e. The first-order valence-electron chi connectivity index (χ1n) is 5.65. The minimum atomic E-state index is -0.931. The number of rotatable bonds is 4. The third kappa shape index (κ3) is 5.45. The van der Waals surface area contributed by atoms with Crippen LogP contribution in [0.1, 0.15) is 33.3 Å². The predicted molar refractivity (Wildman–Crippen MR) is 66.4 cm³/mol. The molecule has 0 amide bonds. The fraction of sp³-hybridized carbons (Fsp3) is 0.462. The number of nitrogens with one attached hydrogen (secondary N) is 1. The van der Waals surface area contributed by atoms with Crippen molar-refractivity contribution >= 4 is 5.97 Å². The first-order valence-corrected chi connectivity index (χ1v) is 5.65. The Morgan fingerprint density at radius 3 is 2.47 bits per heavy atom. The van der Waals surface area contributed by atoms with Gasteiger partial charge in [0, 0.05) is 5.54 Å². The van der Waals surface area contributed by atoms with Crippen molar-refractivity contribution in [2.45, 2.75) is 33.2 Å². The molecule has 0 aromatic heterocycles. The zero-order valence-corrected chi connectivity index (χ0v) is 10.7. The van der Waals surface area contributed by atoms with Crippen molar-refractivity contribution in [1.82, 2.24) is 5.32 Å². The van der Waals surface area contributed by atoms with E-state index in [0.717, 1.165) is 5.56 Å². The van der Waals surface area contributed by atoms with E-state index in [2.05, 4.69) is 5.32 Å². The van der Waals surface area contributed by atoms with E-state index < -0.39 is 11.5 Å². The van der Waals surface area contributed by atoms with Crippen LogP contribution in [-0.4, -0.2) is 17.6 Å². The van der Waals surface area contributed by atoms with Crippen molar-refractivity contribution in [3.05, 3.63) is 35.6 Å². The molecule has 0 saturated carbocycles. The number of carbonyl (C=O) groups is 1. The molecule has 0 saturated heterocycles. The Morgan fingerprint density at radius 2 is 2.00 bits per heavy atom. The molecule has 0 spiro atoms. The van der Waals surface area contributed by atoms with Crippen LogP contribution in [0, 0.1) is 5.82 Å². The molecule has 0 unspecified atom stereocenters. The highest BCUT2D eigenvalue weighted by atomic mass is 19.1. The molecule has 0 aliphatic carbocycles. The van der Waals surface area contributed by atoms with E-state index in [-0.39, 0.29) is 12.4 Å². The Kier molecular flexibility index (Phi) is 6.43. The van der Waals surface area contributed by atoms with Gasteiger partial charge in [0.25, 0.3) is 0 Å². The van der Waals surface area contributed by atoms with Gasteiger partial charge in [-0.05, 0) is 31.5 Å². The van der Waals surface area contributed by atoms with E-state index in [1.165, 1.54) is 12.1 Å². The molecule has 1 rings (SSSR count). The van der Waals surface area contributed by atoms with Gasteiger partial charge < -0.3 is 5.11 Å². The summed E-state index contributed by atoms with van der Waals surface area (Å²) in [6.07, 6.45) is 0. The van der Waals surface area contributed by atoms with Crippen LogP contribution >= 0.6 is 0 Å². The fourth-order valence-corrected chi connectivity index (χ4v) is 1.28. The zero-order chi connectivity index (χ0) is 13.5. The van der Waals surface area contributed by atoms with Gasteiger partial charge >= 0.3 is 5.97 Å². The Bertz CT molecular complexity index is 364. The Morgan fingerprint density at radius 1 is 1.41 bits per heavy atom. The van der Waals surface area contributed by atoms with Crippen molar-refractivity contribution in [2.24, 2.45) is 0 Å². The molecule has 1 aromatic carbocycles. The van der Waals surface area contributed by atoms with Crippen molar-refractivity contribution in [3.8, 4) is 0 Å². The lowest BCUT2D eigenvalue weighted by molar-refractivity contribution is -0.136. The van der Waals surface area contributed by atoms with Gasteiger partial charge in [0.05, 0.1) is 6.54 Å². The summed E-state index contributed by atoms with van der Waals surface area (Å²) in [7, 11) is 0. The minimum absolute atomic E-state index is 0.149. The molecule has 17 heavy (non-hydrogen) atoms. The molecule has 4 heteroatoms. The van der Waals surface area contributed by atoms with Crippen LogP contribution in [0.25, 0.3) is 0 Å². The molecule has 0 bridgehead atoms. The number of benzene rings is 1. The van der Waals surface area contributed by atoms with Gasteiger partial charge in [-0.3, -0.25) is 10.1 Å².